The minimum absolute atomic E-state index is 0. The van der Waals surface area contributed by atoms with E-state index in [1.54, 1.807) is 6.92 Å². The monoisotopic (exact) mass is 528 g/mol. The first-order valence-corrected chi connectivity index (χ1v) is 10.8. The molecule has 7 nitrogen and oxygen atoms in total. The van der Waals surface area contributed by atoms with Gasteiger partial charge in [0, 0.05) is 78.4 Å². The average molecular weight is 528 g/mol. The van der Waals surface area contributed by atoms with Crippen molar-refractivity contribution in [1.29, 1.82) is 0 Å². The van der Waals surface area contributed by atoms with Crippen LogP contribution in [0.5, 0.6) is 0 Å². The van der Waals surface area contributed by atoms with Crippen molar-refractivity contribution in [3.63, 3.8) is 0 Å². The molecule has 30 heavy (non-hydrogen) atoms. The molecule has 2 unspecified atom stereocenters. The highest BCUT2D eigenvalue weighted by Crippen LogP contribution is 2.20. The summed E-state index contributed by atoms with van der Waals surface area (Å²) in [6.45, 7) is 11.4. The van der Waals surface area contributed by atoms with E-state index < -0.39 is 0 Å². The van der Waals surface area contributed by atoms with Gasteiger partial charge in [-0.1, -0.05) is 30.3 Å². The number of nitrogens with one attached hydrogen (secondary N) is 2. The number of carbonyl (C=O) groups excluding carboxylic acids is 1. The Bertz CT molecular complexity index is 677. The highest BCUT2D eigenvalue weighted by atomic mass is 127. The normalized spacial score (nSPS) is 23.2. The lowest BCUT2D eigenvalue weighted by Gasteiger charge is -2.34. The lowest BCUT2D eigenvalue weighted by molar-refractivity contribution is -0.130. The third kappa shape index (κ3) is 7.39. The first kappa shape index (κ1) is 24.9. The number of guanidine groups is 1. The zero-order chi connectivity index (χ0) is 20.6. The summed E-state index contributed by atoms with van der Waals surface area (Å²) in [6.07, 6.45) is 1.13. The number of carbonyl (C=O) groups is 1. The van der Waals surface area contributed by atoms with Crippen LogP contribution in [0.3, 0.4) is 0 Å². The average Bonchev–Trinajstić information content (AvgIpc) is 3.07. The fourth-order valence-electron chi connectivity index (χ4n) is 4.25. The van der Waals surface area contributed by atoms with Crippen LogP contribution in [0.2, 0.25) is 0 Å². The number of hydrogen-bond donors (Lipinski definition) is 2. The van der Waals surface area contributed by atoms with Gasteiger partial charge in [0.1, 0.15) is 0 Å². The molecule has 0 radical (unpaired) electrons. The maximum Gasteiger partial charge on any atom is 0.219 e. The third-order valence-corrected chi connectivity index (χ3v) is 6.03. The van der Waals surface area contributed by atoms with Crippen LogP contribution in [-0.2, 0) is 11.3 Å². The molecule has 2 saturated heterocycles. The van der Waals surface area contributed by atoms with E-state index in [1.807, 2.05) is 11.9 Å². The van der Waals surface area contributed by atoms with Gasteiger partial charge in [0.2, 0.25) is 5.91 Å². The molecule has 2 N–H and O–H groups in total. The summed E-state index contributed by atoms with van der Waals surface area (Å²) in [5.74, 6) is 1.06. The summed E-state index contributed by atoms with van der Waals surface area (Å²) in [5, 5.41) is 7.05. The largest absolute Gasteiger partial charge is 0.355 e. The van der Waals surface area contributed by atoms with Crippen molar-refractivity contribution >= 4 is 35.8 Å². The molecule has 0 bridgehead atoms. The second-order valence-corrected chi connectivity index (χ2v) is 8.19. The minimum atomic E-state index is 0. The summed E-state index contributed by atoms with van der Waals surface area (Å²) < 4.78 is 0. The standard InChI is InChI=1S/C22H36N6O.HI/c1-18-15-21(17-28(18)16-20-7-5-4-6-8-20)25-22(23-3)24-9-10-26-11-13-27(14-12-26)19(2)29;/h4-8,18,21H,9-17H2,1-3H3,(H2,23,24,25);1H. The Morgan fingerprint density at radius 3 is 2.50 bits per heavy atom. The lowest BCUT2D eigenvalue weighted by Crippen LogP contribution is -2.51. The highest BCUT2D eigenvalue weighted by molar-refractivity contribution is 14.0. The van der Waals surface area contributed by atoms with Gasteiger partial charge in [0.15, 0.2) is 5.96 Å². The molecular weight excluding hydrogens is 491 g/mol. The molecule has 8 heteroatoms. The molecule has 1 aromatic carbocycles. The van der Waals surface area contributed by atoms with Crippen molar-refractivity contribution in [2.24, 2.45) is 4.99 Å². The molecule has 0 aromatic heterocycles. The molecule has 168 valence electrons. The van der Waals surface area contributed by atoms with Gasteiger partial charge < -0.3 is 15.5 Å². The van der Waals surface area contributed by atoms with Crippen LogP contribution >= 0.6 is 24.0 Å². The van der Waals surface area contributed by atoms with Gasteiger partial charge in [-0.25, -0.2) is 0 Å². The molecular formula is C22H37IN6O. The topological polar surface area (TPSA) is 63.2 Å². The van der Waals surface area contributed by atoms with Gasteiger partial charge in [-0.3, -0.25) is 19.6 Å². The van der Waals surface area contributed by atoms with E-state index in [0.29, 0.717) is 12.1 Å². The SMILES string of the molecule is CN=C(NCCN1CCN(C(C)=O)CC1)NC1CC(C)N(Cc2ccccc2)C1.I. The van der Waals surface area contributed by atoms with Gasteiger partial charge in [0.05, 0.1) is 0 Å². The lowest BCUT2D eigenvalue weighted by atomic mass is 10.2. The number of likely N-dealkylation sites (tertiary alicyclic amines) is 1. The van der Waals surface area contributed by atoms with E-state index in [0.717, 1.165) is 64.7 Å². The Morgan fingerprint density at radius 1 is 1.17 bits per heavy atom. The zero-order valence-electron chi connectivity index (χ0n) is 18.5. The number of hydrogen-bond acceptors (Lipinski definition) is 4. The number of rotatable bonds is 6. The quantitative estimate of drug-likeness (QED) is 0.334. The van der Waals surface area contributed by atoms with Gasteiger partial charge in [0.25, 0.3) is 0 Å². The van der Waals surface area contributed by atoms with Crippen molar-refractivity contribution in [1.82, 2.24) is 25.3 Å². The predicted molar refractivity (Wildman–Crippen MR) is 133 cm³/mol. The fourth-order valence-corrected chi connectivity index (χ4v) is 4.25. The molecule has 2 heterocycles. The molecule has 1 amide bonds. The fraction of sp³-hybridized carbons (Fsp3) is 0.636. The molecule has 1 aromatic rings. The predicted octanol–water partition coefficient (Wildman–Crippen LogP) is 1.60. The van der Waals surface area contributed by atoms with Crippen LogP contribution in [0, 0.1) is 0 Å². The zero-order valence-corrected chi connectivity index (χ0v) is 20.8. The first-order chi connectivity index (χ1) is 14.0. The second-order valence-electron chi connectivity index (χ2n) is 8.19. The first-order valence-electron chi connectivity index (χ1n) is 10.8. The number of amides is 1. The summed E-state index contributed by atoms with van der Waals surface area (Å²) >= 11 is 0. The van der Waals surface area contributed by atoms with E-state index in [2.05, 4.69) is 62.7 Å². The summed E-state index contributed by atoms with van der Waals surface area (Å²) in [4.78, 5) is 22.7. The molecule has 2 aliphatic rings. The summed E-state index contributed by atoms with van der Waals surface area (Å²) in [5.41, 5.74) is 1.37. The number of piperazine rings is 1. The van der Waals surface area contributed by atoms with Gasteiger partial charge in [-0.15, -0.1) is 24.0 Å². The Hall–Kier alpha value is -1.39. The van der Waals surface area contributed by atoms with Gasteiger partial charge >= 0.3 is 0 Å². The van der Waals surface area contributed by atoms with Crippen molar-refractivity contribution in [3.05, 3.63) is 35.9 Å². The van der Waals surface area contributed by atoms with E-state index in [-0.39, 0.29) is 29.9 Å². The van der Waals surface area contributed by atoms with E-state index in [9.17, 15) is 4.79 Å². The van der Waals surface area contributed by atoms with Crippen molar-refractivity contribution in [3.8, 4) is 0 Å². The van der Waals surface area contributed by atoms with Crippen LogP contribution in [-0.4, -0.2) is 91.5 Å². The molecule has 2 atom stereocenters. The van der Waals surface area contributed by atoms with Gasteiger partial charge in [-0.2, -0.15) is 0 Å². The number of benzene rings is 1. The Labute approximate surface area is 198 Å². The minimum Gasteiger partial charge on any atom is -0.355 e. The Balaban J connectivity index is 0.00000320. The number of nitrogens with zero attached hydrogens (tertiary/aromatic N) is 4. The summed E-state index contributed by atoms with van der Waals surface area (Å²) in [7, 11) is 1.83. The summed E-state index contributed by atoms with van der Waals surface area (Å²) in [6, 6.07) is 11.7. The molecule has 0 spiro atoms. The number of halogens is 1. The van der Waals surface area contributed by atoms with Crippen molar-refractivity contribution < 1.29 is 4.79 Å². The van der Waals surface area contributed by atoms with E-state index in [4.69, 9.17) is 0 Å². The molecule has 2 aliphatic heterocycles. The van der Waals surface area contributed by atoms with Gasteiger partial charge in [-0.05, 0) is 18.9 Å². The second kappa shape index (κ2) is 12.5. The third-order valence-electron chi connectivity index (χ3n) is 6.03. The van der Waals surface area contributed by atoms with Crippen LogP contribution in [0.15, 0.2) is 35.3 Å². The van der Waals surface area contributed by atoms with Crippen LogP contribution in [0.4, 0.5) is 0 Å². The molecule has 0 saturated carbocycles. The van der Waals surface area contributed by atoms with Crippen LogP contribution in [0.25, 0.3) is 0 Å². The molecule has 3 rings (SSSR count). The molecule has 2 fully saturated rings. The molecule has 0 aliphatic carbocycles. The maximum absolute atomic E-state index is 11.4. The maximum atomic E-state index is 11.4. The van der Waals surface area contributed by atoms with E-state index in [1.165, 1.54) is 5.56 Å². The Kier molecular flexibility index (Phi) is 10.3. The highest BCUT2D eigenvalue weighted by Gasteiger charge is 2.29. The van der Waals surface area contributed by atoms with E-state index >= 15 is 0 Å². The Morgan fingerprint density at radius 2 is 1.87 bits per heavy atom. The number of aliphatic imine (C=N–C) groups is 1. The van der Waals surface area contributed by atoms with Crippen molar-refractivity contribution in [2.45, 2.75) is 38.9 Å². The van der Waals surface area contributed by atoms with Crippen molar-refractivity contribution in [2.75, 3.05) is 52.9 Å². The smallest absolute Gasteiger partial charge is 0.219 e. The van der Waals surface area contributed by atoms with Crippen LogP contribution < -0.4 is 10.6 Å². The van der Waals surface area contributed by atoms with Crippen LogP contribution in [0.1, 0.15) is 25.8 Å².